The van der Waals surface area contributed by atoms with E-state index >= 15 is 0 Å². The average Bonchev–Trinajstić information content (AvgIpc) is 3.02. The number of carbonyl (C=O) groups is 2. The molecule has 2 heterocycles. The summed E-state index contributed by atoms with van der Waals surface area (Å²) in [5.41, 5.74) is -1.45. The SMILES string of the molecule is Cn1c(O)c(N=Nc2cccc3c2C(=O)N(C2CCCCC2)C3=O)c(=O)n(C)c1=O.[Ni+2]. The summed E-state index contributed by atoms with van der Waals surface area (Å²) in [4.78, 5) is 51.4. The fourth-order valence-electron chi connectivity index (χ4n) is 4.05. The molecule has 0 spiro atoms. The second-order valence-electron chi connectivity index (χ2n) is 7.55. The summed E-state index contributed by atoms with van der Waals surface area (Å²) in [5.74, 6) is -1.40. The molecule has 2 aromatic rings. The van der Waals surface area contributed by atoms with Crippen molar-refractivity contribution >= 4 is 23.2 Å². The summed E-state index contributed by atoms with van der Waals surface area (Å²) >= 11 is 0. The molecule has 4 rings (SSSR count). The Morgan fingerprint density at radius 2 is 1.61 bits per heavy atom. The van der Waals surface area contributed by atoms with Crippen molar-refractivity contribution in [3.8, 4) is 5.88 Å². The molecule has 1 N–H and O–H groups in total. The Morgan fingerprint density at radius 3 is 2.29 bits per heavy atom. The van der Waals surface area contributed by atoms with Crippen molar-refractivity contribution in [1.29, 1.82) is 0 Å². The fourth-order valence-corrected chi connectivity index (χ4v) is 4.05. The number of carbonyl (C=O) groups excluding carboxylic acids is 2. The number of aromatic nitrogens is 2. The summed E-state index contributed by atoms with van der Waals surface area (Å²) in [6, 6.07) is 4.54. The van der Waals surface area contributed by atoms with Crippen LogP contribution < -0.4 is 11.2 Å². The summed E-state index contributed by atoms with van der Waals surface area (Å²) in [5, 5.41) is 17.9. The molecule has 1 aromatic carbocycles. The summed E-state index contributed by atoms with van der Waals surface area (Å²) < 4.78 is 1.66. The van der Waals surface area contributed by atoms with Crippen LogP contribution in [0.5, 0.6) is 5.88 Å². The molecule has 1 fully saturated rings. The quantitative estimate of drug-likeness (QED) is 0.418. The third kappa shape index (κ3) is 3.63. The first-order valence-electron chi connectivity index (χ1n) is 9.74. The van der Waals surface area contributed by atoms with Crippen LogP contribution in [0.15, 0.2) is 38.0 Å². The number of imide groups is 1. The number of hydrogen-bond donors (Lipinski definition) is 1. The Labute approximate surface area is 187 Å². The number of azo groups is 1. The van der Waals surface area contributed by atoms with E-state index in [1.54, 1.807) is 12.1 Å². The largest absolute Gasteiger partial charge is 2.00 e. The van der Waals surface area contributed by atoms with Gasteiger partial charge in [0.05, 0.1) is 16.8 Å². The van der Waals surface area contributed by atoms with Gasteiger partial charge in [-0.1, -0.05) is 25.3 Å². The third-order valence-corrected chi connectivity index (χ3v) is 5.73. The van der Waals surface area contributed by atoms with Crippen LogP contribution >= 0.6 is 0 Å². The van der Waals surface area contributed by atoms with E-state index in [-0.39, 0.29) is 45.3 Å². The Kier molecular flexibility index (Phi) is 6.26. The normalized spacial score (nSPS) is 16.6. The zero-order valence-electron chi connectivity index (χ0n) is 17.0. The predicted molar refractivity (Wildman–Crippen MR) is 107 cm³/mol. The zero-order chi connectivity index (χ0) is 21.6. The molecule has 1 aliphatic carbocycles. The molecule has 0 atom stereocenters. The molecule has 11 heteroatoms. The van der Waals surface area contributed by atoms with Crippen LogP contribution in [-0.2, 0) is 30.6 Å². The minimum atomic E-state index is -0.821. The third-order valence-electron chi connectivity index (χ3n) is 5.73. The van der Waals surface area contributed by atoms with Crippen molar-refractivity contribution < 1.29 is 31.2 Å². The molecule has 2 aliphatic rings. The molecule has 0 bridgehead atoms. The molecular weight excluding hydrogens is 449 g/mol. The monoisotopic (exact) mass is 469 g/mol. The van der Waals surface area contributed by atoms with Gasteiger partial charge in [-0.15, -0.1) is 10.2 Å². The summed E-state index contributed by atoms with van der Waals surface area (Å²) in [6.45, 7) is 0. The average molecular weight is 470 g/mol. The van der Waals surface area contributed by atoms with E-state index in [0.29, 0.717) is 0 Å². The minimum Gasteiger partial charge on any atom is -0.493 e. The van der Waals surface area contributed by atoms with Crippen LogP contribution in [0.25, 0.3) is 0 Å². The van der Waals surface area contributed by atoms with Gasteiger partial charge in [0.1, 0.15) is 0 Å². The zero-order valence-corrected chi connectivity index (χ0v) is 18.0. The van der Waals surface area contributed by atoms with Crippen LogP contribution in [0.4, 0.5) is 11.4 Å². The first kappa shape index (κ1) is 22.6. The molecule has 31 heavy (non-hydrogen) atoms. The smallest absolute Gasteiger partial charge is 0.493 e. The van der Waals surface area contributed by atoms with Crippen molar-refractivity contribution in [2.75, 3.05) is 0 Å². The van der Waals surface area contributed by atoms with Crippen molar-refractivity contribution in [2.45, 2.75) is 38.1 Å². The molecule has 2 amide bonds. The Morgan fingerprint density at radius 1 is 0.935 bits per heavy atom. The van der Waals surface area contributed by atoms with Crippen LogP contribution in [-0.4, -0.2) is 37.0 Å². The van der Waals surface area contributed by atoms with Crippen LogP contribution in [0.3, 0.4) is 0 Å². The molecule has 0 unspecified atom stereocenters. The van der Waals surface area contributed by atoms with Gasteiger partial charge in [-0.3, -0.25) is 28.4 Å². The standard InChI is InChI=1S/C20H21N5O5.Ni/c1-23-18(28)15(19(29)24(2)20(23)30)22-21-13-10-6-9-12-14(13)17(27)25(16(12)26)11-7-4-3-5-8-11;/h6,9-11,28H,3-5,7-8H2,1-2H3;/q;+2. The first-order valence-corrected chi connectivity index (χ1v) is 9.74. The van der Waals surface area contributed by atoms with E-state index in [0.717, 1.165) is 41.2 Å². The number of nitrogens with zero attached hydrogens (tertiary/aromatic N) is 5. The molecule has 1 aromatic heterocycles. The minimum absolute atomic E-state index is 0. The number of rotatable bonds is 3. The molecule has 0 radical (unpaired) electrons. The number of hydrogen-bond acceptors (Lipinski definition) is 7. The Hall–Kier alpha value is -3.07. The molecular formula is C20H21N5NiO5+2. The van der Waals surface area contributed by atoms with Crippen molar-refractivity contribution in [3.05, 3.63) is 50.2 Å². The van der Waals surface area contributed by atoms with E-state index in [1.165, 1.54) is 25.1 Å². The molecule has 10 nitrogen and oxygen atoms in total. The van der Waals surface area contributed by atoms with Crippen molar-refractivity contribution in [2.24, 2.45) is 24.3 Å². The van der Waals surface area contributed by atoms with Gasteiger partial charge in [-0.25, -0.2) is 4.79 Å². The van der Waals surface area contributed by atoms with Crippen molar-refractivity contribution in [3.63, 3.8) is 0 Å². The van der Waals surface area contributed by atoms with Gasteiger partial charge < -0.3 is 5.11 Å². The fraction of sp³-hybridized carbons (Fsp3) is 0.400. The van der Waals surface area contributed by atoms with Gasteiger partial charge in [-0.2, -0.15) is 0 Å². The van der Waals surface area contributed by atoms with Crippen LogP contribution in [0.2, 0.25) is 0 Å². The van der Waals surface area contributed by atoms with Gasteiger partial charge in [0.2, 0.25) is 11.6 Å². The van der Waals surface area contributed by atoms with Gasteiger partial charge >= 0.3 is 22.2 Å². The Balaban J connectivity index is 0.00000272. The topological polar surface area (TPSA) is 126 Å². The van der Waals surface area contributed by atoms with E-state index in [4.69, 9.17) is 0 Å². The number of fused-ring (bicyclic) bond motifs is 1. The molecule has 164 valence electrons. The van der Waals surface area contributed by atoms with Gasteiger partial charge in [0.15, 0.2) is 0 Å². The maximum atomic E-state index is 13.1. The predicted octanol–water partition coefficient (Wildman–Crippen LogP) is 2.13. The van der Waals surface area contributed by atoms with E-state index in [1.807, 2.05) is 0 Å². The number of aromatic hydroxyl groups is 1. The maximum Gasteiger partial charge on any atom is 2.00 e. The summed E-state index contributed by atoms with van der Waals surface area (Å²) in [7, 11) is 2.55. The van der Waals surface area contributed by atoms with Gasteiger partial charge in [0.25, 0.3) is 17.4 Å². The Bertz CT molecular complexity index is 1210. The van der Waals surface area contributed by atoms with Gasteiger partial charge in [-0.05, 0) is 25.0 Å². The summed E-state index contributed by atoms with van der Waals surface area (Å²) in [6.07, 6.45) is 4.60. The number of amides is 2. The molecule has 0 saturated heterocycles. The van der Waals surface area contributed by atoms with E-state index in [2.05, 4.69) is 10.2 Å². The van der Waals surface area contributed by atoms with Crippen molar-refractivity contribution in [1.82, 2.24) is 14.0 Å². The van der Waals surface area contributed by atoms with E-state index in [9.17, 15) is 24.3 Å². The second kappa shape index (κ2) is 8.59. The molecule has 1 saturated carbocycles. The molecule has 1 aliphatic heterocycles. The van der Waals surface area contributed by atoms with Crippen LogP contribution in [0.1, 0.15) is 52.8 Å². The maximum absolute atomic E-state index is 13.1. The first-order chi connectivity index (χ1) is 14.3. The number of benzene rings is 1. The van der Waals surface area contributed by atoms with E-state index < -0.39 is 28.7 Å². The second-order valence-corrected chi connectivity index (χ2v) is 7.55. The van der Waals surface area contributed by atoms with Crippen LogP contribution in [0, 0.1) is 0 Å². The van der Waals surface area contributed by atoms with Gasteiger partial charge in [0, 0.05) is 20.1 Å².